The molecule has 140 valence electrons. The summed E-state index contributed by atoms with van der Waals surface area (Å²) in [6.07, 6.45) is 2.81. The van der Waals surface area contributed by atoms with Crippen LogP contribution in [-0.2, 0) is 9.53 Å². The van der Waals surface area contributed by atoms with Crippen LogP contribution in [0, 0.1) is 5.92 Å². The highest BCUT2D eigenvalue weighted by Crippen LogP contribution is 2.34. The maximum absolute atomic E-state index is 12.7. The van der Waals surface area contributed by atoms with E-state index in [-0.39, 0.29) is 11.9 Å². The number of H-pyrrole nitrogens is 1. The van der Waals surface area contributed by atoms with Crippen molar-refractivity contribution in [3.05, 3.63) is 30.0 Å². The Bertz CT molecular complexity index is 815. The molecule has 1 aromatic heterocycles. The van der Waals surface area contributed by atoms with Gasteiger partial charge in [-0.15, -0.1) is 0 Å². The van der Waals surface area contributed by atoms with Crippen LogP contribution in [0.4, 0.5) is 0 Å². The minimum Gasteiger partial charge on any atom is -0.496 e. The molecule has 1 aliphatic rings. The topological polar surface area (TPSA) is 80.4 Å². The lowest BCUT2D eigenvalue weighted by Crippen LogP contribution is -2.44. The van der Waals surface area contributed by atoms with Crippen molar-refractivity contribution in [3.8, 4) is 5.75 Å². The Kier molecular flexibility index (Phi) is 4.94. The smallest absolute Gasteiger partial charge is 0.329 e. The van der Waals surface area contributed by atoms with E-state index < -0.39 is 11.6 Å². The standard InChI is InChI=1S/C20H26N2O4/c1-20(2,3)26-19(24)16(10-12-8-9-12)22-18(23)15-11-13-14(21-15)6-5-7-17(13)25-4/h5-7,11-12,16,21H,8-10H2,1-4H3,(H,22,23)/t16-/m0/s1. The number of esters is 1. The Hall–Kier alpha value is -2.50. The van der Waals surface area contributed by atoms with Crippen LogP contribution in [0.2, 0.25) is 0 Å². The van der Waals surface area contributed by atoms with Crippen LogP contribution in [0.3, 0.4) is 0 Å². The second kappa shape index (κ2) is 7.02. The van der Waals surface area contributed by atoms with Crippen molar-refractivity contribution in [1.29, 1.82) is 0 Å². The average Bonchev–Trinajstić information content (AvgIpc) is 3.26. The van der Waals surface area contributed by atoms with Crippen molar-refractivity contribution in [2.45, 2.75) is 51.7 Å². The molecular formula is C20H26N2O4. The van der Waals surface area contributed by atoms with Gasteiger partial charge in [-0.1, -0.05) is 18.9 Å². The number of nitrogens with one attached hydrogen (secondary N) is 2. The quantitative estimate of drug-likeness (QED) is 0.776. The van der Waals surface area contributed by atoms with Gasteiger partial charge >= 0.3 is 5.97 Å². The molecule has 0 bridgehead atoms. The van der Waals surface area contributed by atoms with E-state index in [4.69, 9.17) is 9.47 Å². The number of methoxy groups -OCH3 is 1. The maximum Gasteiger partial charge on any atom is 0.329 e. The van der Waals surface area contributed by atoms with Crippen molar-refractivity contribution in [3.63, 3.8) is 0 Å². The number of carbonyl (C=O) groups excluding carboxylic acids is 2. The van der Waals surface area contributed by atoms with Crippen LogP contribution in [0.25, 0.3) is 10.9 Å². The predicted octanol–water partition coefficient (Wildman–Crippen LogP) is 3.42. The van der Waals surface area contributed by atoms with Crippen molar-refractivity contribution in [1.82, 2.24) is 10.3 Å². The summed E-state index contributed by atoms with van der Waals surface area (Å²) < 4.78 is 10.8. The molecule has 1 saturated carbocycles. The summed E-state index contributed by atoms with van der Waals surface area (Å²) in [6.45, 7) is 5.47. The zero-order chi connectivity index (χ0) is 18.9. The molecule has 1 aromatic carbocycles. The zero-order valence-electron chi connectivity index (χ0n) is 15.7. The lowest BCUT2D eigenvalue weighted by Gasteiger charge is -2.24. The Labute approximate surface area is 153 Å². The second-order valence-corrected chi connectivity index (χ2v) is 7.84. The number of rotatable bonds is 6. The van der Waals surface area contributed by atoms with Gasteiger partial charge in [0, 0.05) is 10.9 Å². The molecule has 6 nitrogen and oxygen atoms in total. The first-order valence-electron chi connectivity index (χ1n) is 8.96. The van der Waals surface area contributed by atoms with Crippen LogP contribution in [0.5, 0.6) is 5.75 Å². The van der Waals surface area contributed by atoms with E-state index >= 15 is 0 Å². The third-order valence-corrected chi connectivity index (χ3v) is 4.35. The number of aromatic nitrogens is 1. The molecule has 1 atom stereocenters. The summed E-state index contributed by atoms with van der Waals surface area (Å²) >= 11 is 0. The minimum absolute atomic E-state index is 0.320. The molecule has 0 radical (unpaired) electrons. The third-order valence-electron chi connectivity index (χ3n) is 4.35. The minimum atomic E-state index is -0.637. The number of amides is 1. The Morgan fingerprint density at radius 1 is 1.31 bits per heavy atom. The van der Waals surface area contributed by atoms with Crippen molar-refractivity contribution >= 4 is 22.8 Å². The molecule has 0 unspecified atom stereocenters. The number of fused-ring (bicyclic) bond motifs is 1. The molecule has 1 amide bonds. The van der Waals surface area contributed by atoms with Crippen molar-refractivity contribution < 1.29 is 19.1 Å². The number of benzene rings is 1. The van der Waals surface area contributed by atoms with Gasteiger partial charge in [0.25, 0.3) is 5.91 Å². The molecule has 2 N–H and O–H groups in total. The van der Waals surface area contributed by atoms with Gasteiger partial charge in [0.1, 0.15) is 23.1 Å². The normalized spacial score (nSPS) is 15.5. The second-order valence-electron chi connectivity index (χ2n) is 7.84. The predicted molar refractivity (Wildman–Crippen MR) is 99.3 cm³/mol. The highest BCUT2D eigenvalue weighted by atomic mass is 16.6. The number of carbonyl (C=O) groups is 2. The van der Waals surface area contributed by atoms with E-state index in [9.17, 15) is 9.59 Å². The van der Waals surface area contributed by atoms with Crippen LogP contribution >= 0.6 is 0 Å². The van der Waals surface area contributed by atoms with E-state index in [1.165, 1.54) is 0 Å². The summed E-state index contributed by atoms with van der Waals surface area (Å²) in [4.78, 5) is 28.3. The van der Waals surface area contributed by atoms with Gasteiger partial charge in [0.2, 0.25) is 0 Å². The van der Waals surface area contributed by atoms with E-state index in [0.717, 1.165) is 23.7 Å². The van der Waals surface area contributed by atoms with E-state index in [1.54, 1.807) is 13.2 Å². The molecule has 3 rings (SSSR count). The van der Waals surface area contributed by atoms with Gasteiger partial charge in [-0.25, -0.2) is 4.79 Å². The fraction of sp³-hybridized carbons (Fsp3) is 0.500. The summed E-state index contributed by atoms with van der Waals surface area (Å²) in [5, 5.41) is 3.67. The van der Waals surface area contributed by atoms with Crippen LogP contribution in [0.1, 0.15) is 50.5 Å². The largest absolute Gasteiger partial charge is 0.496 e. The lowest BCUT2D eigenvalue weighted by atomic mass is 10.1. The summed E-state index contributed by atoms with van der Waals surface area (Å²) in [6, 6.07) is 6.68. The first-order valence-corrected chi connectivity index (χ1v) is 8.96. The molecule has 1 aliphatic carbocycles. The zero-order valence-corrected chi connectivity index (χ0v) is 15.7. The van der Waals surface area contributed by atoms with Crippen LogP contribution in [-0.4, -0.2) is 35.6 Å². The van der Waals surface area contributed by atoms with Gasteiger partial charge in [-0.3, -0.25) is 4.79 Å². The highest BCUT2D eigenvalue weighted by Gasteiger charge is 2.33. The number of hydrogen-bond donors (Lipinski definition) is 2. The van der Waals surface area contributed by atoms with Crippen LogP contribution in [0.15, 0.2) is 24.3 Å². The molecule has 2 aromatic rings. The monoisotopic (exact) mass is 358 g/mol. The van der Waals surface area contributed by atoms with Gasteiger partial charge < -0.3 is 19.8 Å². The van der Waals surface area contributed by atoms with Crippen molar-refractivity contribution in [2.75, 3.05) is 7.11 Å². The molecule has 0 saturated heterocycles. The molecule has 26 heavy (non-hydrogen) atoms. The van der Waals surface area contributed by atoms with E-state index in [1.807, 2.05) is 39.0 Å². The SMILES string of the molecule is COc1cccc2[nH]c(C(=O)N[C@@H](CC3CC3)C(=O)OC(C)(C)C)cc12. The molecule has 1 heterocycles. The fourth-order valence-corrected chi connectivity index (χ4v) is 2.94. The Balaban J connectivity index is 1.77. The first-order chi connectivity index (χ1) is 12.3. The molecule has 0 aliphatic heterocycles. The summed E-state index contributed by atoms with van der Waals surface area (Å²) in [5.41, 5.74) is 0.623. The molecule has 6 heteroatoms. The lowest BCUT2D eigenvalue weighted by molar-refractivity contribution is -0.157. The summed E-state index contributed by atoms with van der Waals surface area (Å²) in [7, 11) is 1.59. The Morgan fingerprint density at radius 3 is 2.65 bits per heavy atom. The van der Waals surface area contributed by atoms with Crippen molar-refractivity contribution in [2.24, 2.45) is 5.92 Å². The molecule has 1 fully saturated rings. The van der Waals surface area contributed by atoms with Gasteiger partial charge in [0.15, 0.2) is 0 Å². The maximum atomic E-state index is 12.7. The third kappa shape index (κ3) is 4.36. The summed E-state index contributed by atoms with van der Waals surface area (Å²) in [5.74, 6) is 0.473. The van der Waals surface area contributed by atoms with E-state index in [0.29, 0.717) is 23.8 Å². The number of ether oxygens (including phenoxy) is 2. The average molecular weight is 358 g/mol. The van der Waals surface area contributed by atoms with Gasteiger partial charge in [-0.2, -0.15) is 0 Å². The van der Waals surface area contributed by atoms with Gasteiger partial charge in [-0.05, 0) is 51.3 Å². The van der Waals surface area contributed by atoms with Gasteiger partial charge in [0.05, 0.1) is 7.11 Å². The van der Waals surface area contributed by atoms with E-state index in [2.05, 4.69) is 10.3 Å². The molecule has 0 spiro atoms. The Morgan fingerprint density at radius 2 is 2.04 bits per heavy atom. The van der Waals surface area contributed by atoms with Crippen LogP contribution < -0.4 is 10.1 Å². The number of hydrogen-bond acceptors (Lipinski definition) is 4. The highest BCUT2D eigenvalue weighted by molar-refractivity contribution is 6.01. The fourth-order valence-electron chi connectivity index (χ4n) is 2.94. The number of aromatic amines is 1. The molecular weight excluding hydrogens is 332 g/mol. The first kappa shape index (κ1) is 18.3.